The number of hydrogen-bond acceptors (Lipinski definition) is 4. The minimum Gasteiger partial charge on any atom is -0.371 e. The number of piperidine rings is 1. The van der Waals surface area contributed by atoms with Gasteiger partial charge in [0.2, 0.25) is 0 Å². The first-order valence-electron chi connectivity index (χ1n) is 13.6. The molecule has 2 aliphatic heterocycles. The quantitative estimate of drug-likeness (QED) is 0.302. The Morgan fingerprint density at radius 3 is 2.50 bits per heavy atom. The molecule has 1 spiro atoms. The van der Waals surface area contributed by atoms with Gasteiger partial charge in [-0.05, 0) is 104 Å². The number of fused-ring (bicyclic) bond motifs is 2. The predicted octanol–water partition coefficient (Wildman–Crippen LogP) is 6.55. The Balaban J connectivity index is 1.18. The van der Waals surface area contributed by atoms with Gasteiger partial charge in [0, 0.05) is 48.2 Å². The summed E-state index contributed by atoms with van der Waals surface area (Å²) in [6.07, 6.45) is 7.82. The maximum Gasteiger partial charge on any atom is 0.149 e. The van der Waals surface area contributed by atoms with Crippen molar-refractivity contribution in [1.82, 2.24) is 19.7 Å². The topological polar surface area (TPSA) is 45.5 Å². The lowest BCUT2D eigenvalue weighted by Crippen LogP contribution is -2.41. The zero-order valence-electron chi connectivity index (χ0n) is 22.0. The van der Waals surface area contributed by atoms with Gasteiger partial charge in [-0.3, -0.25) is 9.38 Å². The number of pyridine rings is 2. The molecule has 2 aliphatic rings. The summed E-state index contributed by atoms with van der Waals surface area (Å²) in [5.74, 6) is -0.288. The minimum absolute atomic E-state index is 0.288. The SMILES string of the molecule is Cc1cc(F)c2nc(C)cc(-c3cnc4cc(-c5ccc(N6CCC7(CCNC7)CC6)cc5)ccn34)c2c1. The summed E-state index contributed by atoms with van der Waals surface area (Å²) in [6.45, 7) is 8.44. The van der Waals surface area contributed by atoms with Crippen LogP contribution in [0.2, 0.25) is 0 Å². The third-order valence-corrected chi connectivity index (χ3v) is 8.65. The maximum atomic E-state index is 14.7. The lowest BCUT2D eigenvalue weighted by Gasteiger charge is -2.40. The highest BCUT2D eigenvalue weighted by molar-refractivity contribution is 5.95. The van der Waals surface area contributed by atoms with Crippen LogP contribution in [-0.2, 0) is 0 Å². The van der Waals surface area contributed by atoms with E-state index in [-0.39, 0.29) is 5.82 Å². The summed E-state index contributed by atoms with van der Waals surface area (Å²) >= 11 is 0. The van der Waals surface area contributed by atoms with Gasteiger partial charge in [-0.2, -0.15) is 0 Å². The molecule has 5 nitrogen and oxygen atoms in total. The number of rotatable bonds is 3. The van der Waals surface area contributed by atoms with Gasteiger partial charge in [0.25, 0.3) is 0 Å². The summed E-state index contributed by atoms with van der Waals surface area (Å²) < 4.78 is 16.8. The minimum atomic E-state index is -0.288. The van der Waals surface area contributed by atoms with E-state index in [9.17, 15) is 4.39 Å². The third-order valence-electron chi connectivity index (χ3n) is 8.65. The van der Waals surface area contributed by atoms with E-state index in [1.54, 1.807) is 6.07 Å². The lowest BCUT2D eigenvalue weighted by atomic mass is 9.78. The molecule has 3 aromatic heterocycles. The molecule has 7 rings (SSSR count). The number of anilines is 1. The average molecular weight is 506 g/mol. The molecule has 0 aliphatic carbocycles. The Kier molecular flexibility index (Phi) is 5.48. The standard InChI is InChI=1S/C32H32FN5/c1-21-15-27-26(17-22(2)36-31(27)28(33)16-21)29-19-35-30-18-24(7-12-38(29)30)23-3-5-25(6-4-23)37-13-9-32(10-14-37)8-11-34-20-32/h3-7,12,15-19,34H,8-11,13-14,20H2,1-2H3. The number of imidazole rings is 1. The van der Waals surface area contributed by atoms with Crippen molar-refractivity contribution in [3.63, 3.8) is 0 Å². The number of aromatic nitrogens is 3. The first-order chi connectivity index (χ1) is 18.5. The summed E-state index contributed by atoms with van der Waals surface area (Å²) in [5, 5.41) is 4.37. The van der Waals surface area contributed by atoms with E-state index in [0.717, 1.165) is 52.2 Å². The van der Waals surface area contributed by atoms with Gasteiger partial charge in [-0.1, -0.05) is 12.1 Å². The van der Waals surface area contributed by atoms with E-state index in [4.69, 9.17) is 4.98 Å². The summed E-state index contributed by atoms with van der Waals surface area (Å²) in [5.41, 5.74) is 8.95. The highest BCUT2D eigenvalue weighted by atomic mass is 19.1. The van der Waals surface area contributed by atoms with Crippen LogP contribution in [0.3, 0.4) is 0 Å². The number of aryl methyl sites for hydroxylation is 2. The van der Waals surface area contributed by atoms with Crippen LogP contribution in [-0.4, -0.2) is 40.5 Å². The van der Waals surface area contributed by atoms with Crippen molar-refractivity contribution >= 4 is 22.2 Å². The van der Waals surface area contributed by atoms with Crippen LogP contribution in [0.5, 0.6) is 0 Å². The molecule has 0 saturated carbocycles. The highest BCUT2D eigenvalue weighted by Crippen LogP contribution is 2.38. The smallest absolute Gasteiger partial charge is 0.149 e. The summed E-state index contributed by atoms with van der Waals surface area (Å²) in [4.78, 5) is 11.7. The number of hydrogen-bond donors (Lipinski definition) is 1. The van der Waals surface area contributed by atoms with E-state index in [1.165, 1.54) is 43.6 Å². The van der Waals surface area contributed by atoms with Crippen LogP contribution < -0.4 is 10.2 Å². The van der Waals surface area contributed by atoms with Crippen LogP contribution in [0.25, 0.3) is 38.9 Å². The Bertz CT molecular complexity index is 1650. The Hall–Kier alpha value is -3.77. The molecular formula is C32H32FN5. The zero-order chi connectivity index (χ0) is 25.9. The van der Waals surface area contributed by atoms with Crippen molar-refractivity contribution in [2.75, 3.05) is 31.1 Å². The van der Waals surface area contributed by atoms with Crippen molar-refractivity contribution in [3.8, 4) is 22.4 Å². The van der Waals surface area contributed by atoms with Crippen molar-refractivity contribution in [1.29, 1.82) is 0 Å². The van der Waals surface area contributed by atoms with E-state index < -0.39 is 0 Å². The Labute approximate surface area is 222 Å². The van der Waals surface area contributed by atoms with Gasteiger partial charge < -0.3 is 10.2 Å². The molecule has 2 aromatic carbocycles. The van der Waals surface area contributed by atoms with E-state index in [2.05, 4.69) is 62.2 Å². The van der Waals surface area contributed by atoms with Crippen molar-refractivity contribution in [3.05, 3.63) is 84.1 Å². The van der Waals surface area contributed by atoms with Crippen molar-refractivity contribution in [2.24, 2.45) is 5.41 Å². The molecule has 5 aromatic rings. The predicted molar refractivity (Wildman–Crippen MR) is 152 cm³/mol. The highest BCUT2D eigenvalue weighted by Gasteiger charge is 2.36. The normalized spacial score (nSPS) is 17.2. The Morgan fingerprint density at radius 1 is 0.921 bits per heavy atom. The molecule has 6 heteroatoms. The fourth-order valence-corrected chi connectivity index (χ4v) is 6.45. The largest absolute Gasteiger partial charge is 0.371 e. The van der Waals surface area contributed by atoms with Crippen LogP contribution in [0.15, 0.2) is 67.0 Å². The average Bonchev–Trinajstić information content (AvgIpc) is 3.56. The zero-order valence-corrected chi connectivity index (χ0v) is 22.0. The van der Waals surface area contributed by atoms with E-state index in [0.29, 0.717) is 10.9 Å². The van der Waals surface area contributed by atoms with Gasteiger partial charge in [-0.25, -0.2) is 9.37 Å². The van der Waals surface area contributed by atoms with Crippen molar-refractivity contribution < 1.29 is 4.39 Å². The molecular weight excluding hydrogens is 473 g/mol. The summed E-state index contributed by atoms with van der Waals surface area (Å²) in [6, 6.07) is 18.8. The van der Waals surface area contributed by atoms with Gasteiger partial charge >= 0.3 is 0 Å². The van der Waals surface area contributed by atoms with Crippen molar-refractivity contribution in [2.45, 2.75) is 33.1 Å². The number of nitrogens with one attached hydrogen (secondary N) is 1. The maximum absolute atomic E-state index is 14.7. The van der Waals surface area contributed by atoms with Gasteiger partial charge in [0.05, 0.1) is 11.9 Å². The van der Waals surface area contributed by atoms with E-state index in [1.807, 2.05) is 32.2 Å². The second-order valence-corrected chi connectivity index (χ2v) is 11.2. The fraction of sp³-hybridized carbons (Fsp3) is 0.312. The van der Waals surface area contributed by atoms with Crippen LogP contribution in [0.4, 0.5) is 10.1 Å². The lowest BCUT2D eigenvalue weighted by molar-refractivity contribution is 0.247. The van der Waals surface area contributed by atoms with Crippen LogP contribution in [0.1, 0.15) is 30.5 Å². The van der Waals surface area contributed by atoms with Gasteiger partial charge in [0.15, 0.2) is 0 Å². The molecule has 0 atom stereocenters. The third kappa shape index (κ3) is 3.95. The van der Waals surface area contributed by atoms with E-state index >= 15 is 0 Å². The Morgan fingerprint density at radius 2 is 1.74 bits per heavy atom. The summed E-state index contributed by atoms with van der Waals surface area (Å²) in [7, 11) is 0. The first-order valence-corrected chi connectivity index (χ1v) is 13.6. The molecule has 192 valence electrons. The van der Waals surface area contributed by atoms with Gasteiger partial charge in [-0.15, -0.1) is 0 Å². The number of nitrogens with zero attached hydrogens (tertiary/aromatic N) is 4. The molecule has 0 bridgehead atoms. The fourth-order valence-electron chi connectivity index (χ4n) is 6.45. The number of benzene rings is 2. The second kappa shape index (κ2) is 8.91. The second-order valence-electron chi connectivity index (χ2n) is 11.2. The molecule has 0 radical (unpaired) electrons. The molecule has 1 N–H and O–H groups in total. The molecule has 2 fully saturated rings. The molecule has 2 saturated heterocycles. The molecule has 38 heavy (non-hydrogen) atoms. The number of halogens is 1. The first kappa shape index (κ1) is 23.4. The van der Waals surface area contributed by atoms with Crippen LogP contribution in [0, 0.1) is 25.1 Å². The molecule has 0 unspecified atom stereocenters. The molecule has 0 amide bonds. The monoisotopic (exact) mass is 505 g/mol. The molecule has 5 heterocycles. The van der Waals surface area contributed by atoms with Crippen LogP contribution >= 0.6 is 0 Å². The van der Waals surface area contributed by atoms with Gasteiger partial charge in [0.1, 0.15) is 17.0 Å².